The number of hydrogen-bond acceptors (Lipinski definition) is 5. The first kappa shape index (κ1) is 12.5. The summed E-state index contributed by atoms with van der Waals surface area (Å²) in [4.78, 5) is 8.36. The van der Waals surface area contributed by atoms with Crippen molar-refractivity contribution in [2.75, 3.05) is 7.05 Å². The van der Waals surface area contributed by atoms with Gasteiger partial charge in [0.2, 0.25) is 0 Å². The molecular weight excluding hydrogens is 230 g/mol. The van der Waals surface area contributed by atoms with Crippen LogP contribution in [0.3, 0.4) is 0 Å². The van der Waals surface area contributed by atoms with E-state index in [2.05, 4.69) is 27.3 Å². The predicted molar refractivity (Wildman–Crippen MR) is 67.4 cm³/mol. The minimum atomic E-state index is 0.270. The van der Waals surface area contributed by atoms with Crippen molar-refractivity contribution in [1.82, 2.24) is 25.1 Å². The van der Waals surface area contributed by atoms with Crippen molar-refractivity contribution in [3.05, 3.63) is 30.4 Å². The normalized spacial score (nSPS) is 12.4. The summed E-state index contributed by atoms with van der Waals surface area (Å²) in [6.07, 6.45) is 4.27. The van der Waals surface area contributed by atoms with E-state index < -0.39 is 0 Å². The number of aromatic nitrogens is 4. The average molecular weight is 247 g/mol. The zero-order chi connectivity index (χ0) is 13.0. The molecule has 2 rings (SSSR count). The molecule has 0 saturated heterocycles. The topological polar surface area (TPSA) is 64.9 Å². The molecule has 2 heterocycles. The molecule has 6 nitrogen and oxygen atoms in total. The van der Waals surface area contributed by atoms with Gasteiger partial charge < -0.3 is 10.1 Å². The van der Waals surface area contributed by atoms with Crippen LogP contribution in [0.5, 0.6) is 11.8 Å². The molecule has 2 aromatic rings. The number of ether oxygens (including phenoxy) is 1. The van der Waals surface area contributed by atoms with Crippen molar-refractivity contribution in [1.29, 1.82) is 0 Å². The molecule has 0 amide bonds. The summed E-state index contributed by atoms with van der Waals surface area (Å²) < 4.78 is 7.06. The molecule has 1 atom stereocenters. The van der Waals surface area contributed by atoms with E-state index in [1.165, 1.54) is 0 Å². The molecule has 0 aliphatic heterocycles. The molecule has 0 saturated carbocycles. The molecule has 0 radical (unpaired) electrons. The van der Waals surface area contributed by atoms with Crippen LogP contribution in [0.25, 0.3) is 0 Å². The Morgan fingerprint density at radius 2 is 2.22 bits per heavy atom. The van der Waals surface area contributed by atoms with Gasteiger partial charge in [0.15, 0.2) is 0 Å². The van der Waals surface area contributed by atoms with Gasteiger partial charge >= 0.3 is 6.01 Å². The van der Waals surface area contributed by atoms with E-state index in [0.717, 1.165) is 12.1 Å². The zero-order valence-corrected chi connectivity index (χ0v) is 10.8. The third-order valence-corrected chi connectivity index (χ3v) is 2.66. The number of pyridine rings is 1. The summed E-state index contributed by atoms with van der Waals surface area (Å²) in [6.45, 7) is 2.12. The second-order valence-corrected chi connectivity index (χ2v) is 3.97. The highest BCUT2D eigenvalue weighted by atomic mass is 16.5. The highest BCUT2D eigenvalue weighted by Gasteiger charge is 2.08. The Kier molecular flexibility index (Phi) is 3.88. The van der Waals surface area contributed by atoms with Crippen LogP contribution in [-0.2, 0) is 7.05 Å². The molecule has 0 aromatic carbocycles. The van der Waals surface area contributed by atoms with Gasteiger partial charge in [-0.3, -0.25) is 9.67 Å². The van der Waals surface area contributed by atoms with Gasteiger partial charge in [0.05, 0.1) is 11.9 Å². The van der Waals surface area contributed by atoms with E-state index in [1.54, 1.807) is 24.3 Å². The van der Waals surface area contributed by atoms with Crippen molar-refractivity contribution in [3.63, 3.8) is 0 Å². The molecule has 2 aromatic heterocycles. The Morgan fingerprint density at radius 3 is 2.72 bits per heavy atom. The molecule has 0 bridgehead atoms. The minimum absolute atomic E-state index is 0.270. The van der Waals surface area contributed by atoms with E-state index in [0.29, 0.717) is 11.8 Å². The van der Waals surface area contributed by atoms with Crippen molar-refractivity contribution >= 4 is 0 Å². The number of nitrogens with zero attached hydrogens (tertiary/aromatic N) is 4. The van der Waals surface area contributed by atoms with Gasteiger partial charge in [-0.05, 0) is 25.6 Å². The Balaban J connectivity index is 2.07. The standard InChI is InChI=1S/C12H17N5O/c1-4-10(13-2)11-6-5-9(7-14-11)18-12-15-8-17(3)16-12/h5-8,10,13H,4H2,1-3H3. The Morgan fingerprint density at radius 1 is 1.39 bits per heavy atom. The summed E-state index contributed by atoms with van der Waals surface area (Å²) in [5.41, 5.74) is 1.00. The zero-order valence-electron chi connectivity index (χ0n) is 10.8. The fourth-order valence-electron chi connectivity index (χ4n) is 1.69. The number of aryl methyl sites for hydroxylation is 1. The lowest BCUT2D eigenvalue weighted by atomic mass is 10.1. The van der Waals surface area contributed by atoms with Crippen molar-refractivity contribution < 1.29 is 4.74 Å². The Bertz CT molecular complexity index is 489. The van der Waals surface area contributed by atoms with Crippen LogP contribution in [0, 0.1) is 0 Å². The summed E-state index contributed by atoms with van der Waals surface area (Å²) in [7, 11) is 3.72. The maximum absolute atomic E-state index is 5.48. The summed E-state index contributed by atoms with van der Waals surface area (Å²) in [6, 6.07) is 4.42. The van der Waals surface area contributed by atoms with Gasteiger partial charge in [0.25, 0.3) is 0 Å². The van der Waals surface area contributed by atoms with Gasteiger partial charge in [0.1, 0.15) is 12.1 Å². The minimum Gasteiger partial charge on any atom is -0.422 e. The number of nitrogens with one attached hydrogen (secondary N) is 1. The predicted octanol–water partition coefficient (Wildman–Crippen LogP) is 1.67. The highest BCUT2D eigenvalue weighted by Crippen LogP contribution is 2.19. The highest BCUT2D eigenvalue weighted by molar-refractivity contribution is 5.23. The molecule has 6 heteroatoms. The first-order valence-electron chi connectivity index (χ1n) is 5.89. The third kappa shape index (κ3) is 2.84. The van der Waals surface area contributed by atoms with Gasteiger partial charge in [-0.15, -0.1) is 5.10 Å². The fraction of sp³-hybridized carbons (Fsp3) is 0.417. The van der Waals surface area contributed by atoms with Gasteiger partial charge in [-0.1, -0.05) is 6.92 Å². The summed E-state index contributed by atoms with van der Waals surface area (Å²) >= 11 is 0. The molecule has 1 N–H and O–H groups in total. The molecule has 0 aliphatic carbocycles. The average Bonchev–Trinajstić information content (AvgIpc) is 2.78. The lowest BCUT2D eigenvalue weighted by Gasteiger charge is -2.13. The Hall–Kier alpha value is -1.95. The first-order valence-corrected chi connectivity index (χ1v) is 5.89. The molecule has 18 heavy (non-hydrogen) atoms. The van der Waals surface area contributed by atoms with Crippen LogP contribution >= 0.6 is 0 Å². The van der Waals surface area contributed by atoms with Crippen LogP contribution in [0.15, 0.2) is 24.7 Å². The number of rotatable bonds is 5. The summed E-state index contributed by atoms with van der Waals surface area (Å²) in [5, 5.41) is 7.25. The van der Waals surface area contributed by atoms with Crippen molar-refractivity contribution in [2.45, 2.75) is 19.4 Å². The van der Waals surface area contributed by atoms with Crippen LogP contribution in [0.4, 0.5) is 0 Å². The molecule has 1 unspecified atom stereocenters. The van der Waals surface area contributed by atoms with Crippen LogP contribution in [-0.4, -0.2) is 26.8 Å². The van der Waals surface area contributed by atoms with E-state index in [-0.39, 0.29) is 6.04 Å². The summed E-state index contributed by atoms with van der Waals surface area (Å²) in [5.74, 6) is 0.635. The molecule has 0 fully saturated rings. The van der Waals surface area contributed by atoms with E-state index in [4.69, 9.17) is 4.74 Å². The first-order chi connectivity index (χ1) is 8.72. The van der Waals surface area contributed by atoms with Gasteiger partial charge in [0, 0.05) is 13.1 Å². The fourth-order valence-corrected chi connectivity index (χ4v) is 1.69. The van der Waals surface area contributed by atoms with Crippen LogP contribution in [0.1, 0.15) is 25.1 Å². The second kappa shape index (κ2) is 5.59. The molecule has 0 aliphatic rings. The maximum Gasteiger partial charge on any atom is 0.341 e. The van der Waals surface area contributed by atoms with E-state index in [9.17, 15) is 0 Å². The van der Waals surface area contributed by atoms with Crippen molar-refractivity contribution in [3.8, 4) is 11.8 Å². The van der Waals surface area contributed by atoms with Crippen LogP contribution < -0.4 is 10.1 Å². The second-order valence-electron chi connectivity index (χ2n) is 3.97. The molecule has 0 spiro atoms. The Labute approximate surface area is 106 Å². The lowest BCUT2D eigenvalue weighted by Crippen LogP contribution is -2.16. The monoisotopic (exact) mass is 247 g/mol. The van der Waals surface area contributed by atoms with E-state index >= 15 is 0 Å². The molecule has 96 valence electrons. The van der Waals surface area contributed by atoms with Crippen molar-refractivity contribution in [2.24, 2.45) is 7.05 Å². The largest absolute Gasteiger partial charge is 0.422 e. The third-order valence-electron chi connectivity index (χ3n) is 2.66. The lowest BCUT2D eigenvalue weighted by molar-refractivity contribution is 0.435. The number of hydrogen-bond donors (Lipinski definition) is 1. The van der Waals surface area contributed by atoms with E-state index in [1.807, 2.05) is 19.2 Å². The van der Waals surface area contributed by atoms with Crippen LogP contribution in [0.2, 0.25) is 0 Å². The quantitative estimate of drug-likeness (QED) is 0.870. The SMILES string of the molecule is CCC(NC)c1ccc(Oc2ncn(C)n2)cn1. The molecular formula is C12H17N5O. The maximum atomic E-state index is 5.48. The van der Waals surface area contributed by atoms with Gasteiger partial charge in [-0.25, -0.2) is 0 Å². The van der Waals surface area contributed by atoms with Gasteiger partial charge in [-0.2, -0.15) is 4.98 Å². The smallest absolute Gasteiger partial charge is 0.341 e.